The van der Waals surface area contributed by atoms with Gasteiger partial charge in [-0.1, -0.05) is 24.3 Å². The molecule has 31 heavy (non-hydrogen) atoms. The minimum absolute atomic E-state index is 0.160. The van der Waals surface area contributed by atoms with Gasteiger partial charge in [-0.15, -0.1) is 0 Å². The lowest BCUT2D eigenvalue weighted by molar-refractivity contribution is -0.125. The summed E-state index contributed by atoms with van der Waals surface area (Å²) in [5, 5.41) is 27.3. The van der Waals surface area contributed by atoms with Crippen molar-refractivity contribution in [2.24, 2.45) is 0 Å². The molecule has 2 aromatic rings. The van der Waals surface area contributed by atoms with E-state index in [1.54, 1.807) is 13.0 Å². The number of β-amino-alcohol motifs (C(OH)–C–C–N with tert-alkyl or cyclic N) is 1. The number of aliphatic hydroxyl groups excluding tert-OH is 1. The zero-order chi connectivity index (χ0) is 21.6. The van der Waals surface area contributed by atoms with E-state index >= 15 is 0 Å². The van der Waals surface area contributed by atoms with Gasteiger partial charge in [-0.2, -0.15) is 0 Å². The van der Waals surface area contributed by atoms with E-state index in [0.717, 1.165) is 19.5 Å². The number of fused-ring (bicyclic) bond motifs is 2. The van der Waals surface area contributed by atoms with Crippen LogP contribution in [0.25, 0.3) is 0 Å². The van der Waals surface area contributed by atoms with Gasteiger partial charge in [0.05, 0.1) is 5.60 Å². The van der Waals surface area contributed by atoms with E-state index in [9.17, 15) is 15.0 Å². The smallest absolute Gasteiger partial charge is 0.268 e. The van der Waals surface area contributed by atoms with Crippen LogP contribution in [-0.2, 0) is 17.8 Å². The van der Waals surface area contributed by atoms with Crippen LogP contribution in [0.4, 0.5) is 5.69 Å². The number of nitrogens with one attached hydrogen (secondary N) is 2. The standard InChI is InChI=1S/C23H28N4O4/c1-22(30,14-27-9-6-15-4-2-3-5-16(15)12-27)13-25-19(28)17-10-18-20(24-11-17)31-23(7-8-23)21(29)26-18/h2-5,10-11,19,25,28,30H,6-9,12-14H2,1H3,(H,26,29). The SMILES string of the molecule is CC(O)(CNC(O)c1cnc2c(c1)NC(=O)C1(CC1)O2)CN1CCc2ccccc2C1. The first-order valence-corrected chi connectivity index (χ1v) is 10.8. The van der Waals surface area contributed by atoms with Crippen molar-refractivity contribution in [2.45, 2.75) is 50.2 Å². The van der Waals surface area contributed by atoms with E-state index in [2.05, 4.69) is 38.7 Å². The Hall–Kier alpha value is -2.52. The van der Waals surface area contributed by atoms with Crippen molar-refractivity contribution in [3.63, 3.8) is 0 Å². The van der Waals surface area contributed by atoms with Gasteiger partial charge in [0.2, 0.25) is 5.88 Å². The Morgan fingerprint density at radius 2 is 2.13 bits per heavy atom. The molecule has 2 unspecified atom stereocenters. The monoisotopic (exact) mass is 424 g/mol. The highest BCUT2D eigenvalue weighted by Crippen LogP contribution is 2.46. The third-order valence-electron chi connectivity index (χ3n) is 6.30. The van der Waals surface area contributed by atoms with Gasteiger partial charge in [0.1, 0.15) is 11.9 Å². The summed E-state index contributed by atoms with van der Waals surface area (Å²) in [7, 11) is 0. The van der Waals surface area contributed by atoms with Gasteiger partial charge in [0.25, 0.3) is 5.91 Å². The first-order chi connectivity index (χ1) is 14.8. The Kier molecular flexibility index (Phi) is 4.97. The molecule has 0 bridgehead atoms. The third kappa shape index (κ3) is 4.16. The van der Waals surface area contributed by atoms with Crippen molar-refractivity contribution in [1.29, 1.82) is 0 Å². The number of hydrogen-bond donors (Lipinski definition) is 4. The fourth-order valence-electron chi connectivity index (χ4n) is 4.36. The van der Waals surface area contributed by atoms with Crippen molar-refractivity contribution in [3.8, 4) is 5.88 Å². The molecule has 5 rings (SSSR count). The number of amides is 1. The summed E-state index contributed by atoms with van der Waals surface area (Å²) in [5.41, 5.74) is 1.86. The molecule has 1 fully saturated rings. The van der Waals surface area contributed by atoms with E-state index in [1.165, 1.54) is 17.3 Å². The number of benzene rings is 1. The third-order valence-corrected chi connectivity index (χ3v) is 6.30. The van der Waals surface area contributed by atoms with Crippen LogP contribution in [0.15, 0.2) is 36.5 Å². The molecule has 1 amide bonds. The van der Waals surface area contributed by atoms with Crippen molar-refractivity contribution in [1.82, 2.24) is 15.2 Å². The Morgan fingerprint density at radius 3 is 2.90 bits per heavy atom. The van der Waals surface area contributed by atoms with Crippen LogP contribution in [0.2, 0.25) is 0 Å². The van der Waals surface area contributed by atoms with Gasteiger partial charge < -0.3 is 20.3 Å². The molecule has 1 spiro atoms. The molecule has 8 nitrogen and oxygen atoms in total. The summed E-state index contributed by atoms with van der Waals surface area (Å²) >= 11 is 0. The second kappa shape index (κ2) is 7.56. The van der Waals surface area contributed by atoms with Crippen molar-refractivity contribution in [3.05, 3.63) is 53.2 Å². The van der Waals surface area contributed by atoms with Crippen LogP contribution in [0, 0.1) is 0 Å². The first kappa shape index (κ1) is 20.4. The fourth-order valence-corrected chi connectivity index (χ4v) is 4.36. The number of carbonyl (C=O) groups is 1. The largest absolute Gasteiger partial charge is 0.459 e. The average Bonchev–Trinajstić information content (AvgIpc) is 3.53. The number of anilines is 1. The Labute approximate surface area is 181 Å². The second-order valence-corrected chi connectivity index (χ2v) is 9.18. The zero-order valence-corrected chi connectivity index (χ0v) is 17.6. The molecule has 164 valence electrons. The van der Waals surface area contributed by atoms with Gasteiger partial charge >= 0.3 is 0 Å². The van der Waals surface area contributed by atoms with E-state index in [4.69, 9.17) is 4.74 Å². The minimum atomic E-state index is -1.03. The summed E-state index contributed by atoms with van der Waals surface area (Å²) in [6.45, 7) is 4.17. The Morgan fingerprint density at radius 1 is 1.35 bits per heavy atom. The lowest BCUT2D eigenvalue weighted by Crippen LogP contribution is -2.49. The van der Waals surface area contributed by atoms with Crippen molar-refractivity contribution >= 4 is 11.6 Å². The molecule has 2 atom stereocenters. The van der Waals surface area contributed by atoms with Crippen LogP contribution in [-0.4, -0.2) is 56.8 Å². The van der Waals surface area contributed by atoms with Crippen LogP contribution < -0.4 is 15.4 Å². The predicted octanol–water partition coefficient (Wildman–Crippen LogP) is 1.33. The number of aromatic nitrogens is 1. The molecule has 0 radical (unpaired) electrons. The van der Waals surface area contributed by atoms with Crippen LogP contribution >= 0.6 is 0 Å². The fraction of sp³-hybridized carbons (Fsp3) is 0.478. The summed E-state index contributed by atoms with van der Waals surface area (Å²) < 4.78 is 5.73. The molecule has 1 aliphatic carbocycles. The molecule has 4 N–H and O–H groups in total. The minimum Gasteiger partial charge on any atom is -0.459 e. The number of ether oxygens (including phenoxy) is 1. The molecular weight excluding hydrogens is 396 g/mol. The molecule has 1 aromatic heterocycles. The summed E-state index contributed by atoms with van der Waals surface area (Å²) in [5.74, 6) is 0.220. The van der Waals surface area contributed by atoms with E-state index in [1.807, 2.05) is 6.07 Å². The highest BCUT2D eigenvalue weighted by Gasteiger charge is 2.55. The quantitative estimate of drug-likeness (QED) is 0.519. The summed E-state index contributed by atoms with van der Waals surface area (Å²) in [6, 6.07) is 10.1. The molecule has 1 saturated carbocycles. The highest BCUT2D eigenvalue weighted by molar-refractivity contribution is 6.02. The lowest BCUT2D eigenvalue weighted by atomic mass is 9.98. The van der Waals surface area contributed by atoms with Crippen molar-refractivity contribution < 1.29 is 19.7 Å². The topological polar surface area (TPSA) is 107 Å². The molecule has 3 heterocycles. The first-order valence-electron chi connectivity index (χ1n) is 10.8. The van der Waals surface area contributed by atoms with Crippen LogP contribution in [0.3, 0.4) is 0 Å². The maximum Gasteiger partial charge on any atom is 0.268 e. The van der Waals surface area contributed by atoms with Crippen molar-refractivity contribution in [2.75, 3.05) is 25.0 Å². The molecule has 1 aromatic carbocycles. The average molecular weight is 425 g/mol. The van der Waals surface area contributed by atoms with Gasteiger partial charge in [-0.25, -0.2) is 4.98 Å². The van der Waals surface area contributed by atoms with E-state index in [0.29, 0.717) is 36.5 Å². The van der Waals surface area contributed by atoms with Crippen LogP contribution in [0.1, 0.15) is 42.7 Å². The van der Waals surface area contributed by atoms with E-state index < -0.39 is 17.4 Å². The van der Waals surface area contributed by atoms with Gasteiger partial charge in [0, 0.05) is 50.8 Å². The van der Waals surface area contributed by atoms with E-state index in [-0.39, 0.29) is 12.5 Å². The normalized spacial score (nSPS) is 22.0. The molecule has 0 saturated heterocycles. The number of nitrogens with zero attached hydrogens (tertiary/aromatic N) is 2. The van der Waals surface area contributed by atoms with Gasteiger partial charge in [0.15, 0.2) is 5.60 Å². The maximum atomic E-state index is 12.2. The number of hydrogen-bond acceptors (Lipinski definition) is 7. The number of rotatable bonds is 6. The molecule has 3 aliphatic rings. The molecular formula is C23H28N4O4. The maximum absolute atomic E-state index is 12.2. The predicted molar refractivity (Wildman–Crippen MR) is 114 cm³/mol. The number of pyridine rings is 1. The summed E-state index contributed by atoms with van der Waals surface area (Å²) in [4.78, 5) is 18.7. The van der Waals surface area contributed by atoms with Crippen LogP contribution in [0.5, 0.6) is 5.88 Å². The Balaban J connectivity index is 1.18. The summed E-state index contributed by atoms with van der Waals surface area (Å²) in [6.07, 6.45) is 2.87. The lowest BCUT2D eigenvalue weighted by Gasteiger charge is -2.35. The molecule has 8 heteroatoms. The Bertz CT molecular complexity index is 1000. The van der Waals surface area contributed by atoms with Gasteiger partial charge in [-0.05, 0) is 30.5 Å². The second-order valence-electron chi connectivity index (χ2n) is 9.18. The zero-order valence-electron chi connectivity index (χ0n) is 17.6. The molecule has 2 aliphatic heterocycles. The highest BCUT2D eigenvalue weighted by atomic mass is 16.5. The number of aliphatic hydroxyl groups is 2. The van der Waals surface area contributed by atoms with Gasteiger partial charge in [-0.3, -0.25) is 15.0 Å². The number of carbonyl (C=O) groups excluding carboxylic acids is 1.